The maximum atomic E-state index is 13.3. The molecule has 6 heteroatoms. The third-order valence-electron chi connectivity index (χ3n) is 4.93. The zero-order valence-electron chi connectivity index (χ0n) is 14.8. The Morgan fingerprint density at radius 3 is 2.81 bits per heavy atom. The van der Waals surface area contributed by atoms with Crippen LogP contribution in [0.2, 0.25) is 0 Å². The van der Waals surface area contributed by atoms with Crippen molar-refractivity contribution in [3.8, 4) is 10.4 Å². The Bertz CT molecular complexity index is 856. The summed E-state index contributed by atoms with van der Waals surface area (Å²) in [6.45, 7) is 2.57. The van der Waals surface area contributed by atoms with Crippen LogP contribution in [0.3, 0.4) is 0 Å². The van der Waals surface area contributed by atoms with E-state index in [0.717, 1.165) is 46.7 Å². The highest BCUT2D eigenvalue weighted by atomic mass is 32.1. The molecule has 26 heavy (non-hydrogen) atoms. The number of aromatic nitrogens is 1. The fourth-order valence-electron chi connectivity index (χ4n) is 3.41. The molecular formula is C20H22N3O2S. The van der Waals surface area contributed by atoms with E-state index in [2.05, 4.69) is 6.07 Å². The number of amides is 2. The van der Waals surface area contributed by atoms with Crippen molar-refractivity contribution in [2.24, 2.45) is 5.73 Å². The number of hydrogen-bond acceptors (Lipinski definition) is 4. The van der Waals surface area contributed by atoms with Crippen LogP contribution in [0.25, 0.3) is 10.4 Å². The number of piperidine rings is 1. The molecule has 1 radical (unpaired) electrons. The van der Waals surface area contributed by atoms with Crippen LogP contribution < -0.4 is 5.73 Å². The fourth-order valence-corrected chi connectivity index (χ4v) is 4.63. The average molecular weight is 368 g/mol. The van der Waals surface area contributed by atoms with Gasteiger partial charge in [0.2, 0.25) is 5.91 Å². The van der Waals surface area contributed by atoms with Gasteiger partial charge in [0, 0.05) is 12.5 Å². The van der Waals surface area contributed by atoms with Crippen LogP contribution in [0, 0.1) is 13.3 Å². The molecule has 1 aromatic carbocycles. The summed E-state index contributed by atoms with van der Waals surface area (Å²) in [7, 11) is 0. The average Bonchev–Trinajstić information content (AvgIpc) is 3.39. The van der Waals surface area contributed by atoms with Crippen LogP contribution >= 0.6 is 11.3 Å². The highest BCUT2D eigenvalue weighted by Gasteiger charge is 2.36. The van der Waals surface area contributed by atoms with Crippen LogP contribution in [0.4, 0.5) is 0 Å². The number of rotatable bonds is 4. The van der Waals surface area contributed by atoms with Crippen molar-refractivity contribution in [1.82, 2.24) is 9.88 Å². The van der Waals surface area contributed by atoms with Gasteiger partial charge >= 0.3 is 0 Å². The second kappa shape index (κ2) is 6.83. The molecule has 1 saturated heterocycles. The Labute approximate surface area is 157 Å². The summed E-state index contributed by atoms with van der Waals surface area (Å²) in [5.41, 5.74) is 8.14. The van der Waals surface area contributed by atoms with E-state index in [4.69, 9.17) is 10.7 Å². The second-order valence-corrected chi connectivity index (χ2v) is 8.13. The molecule has 1 unspecified atom stereocenters. The Hall–Kier alpha value is -2.21. The molecule has 1 aromatic heterocycles. The normalized spacial score (nSPS) is 20.2. The van der Waals surface area contributed by atoms with E-state index in [1.165, 1.54) is 0 Å². The van der Waals surface area contributed by atoms with Gasteiger partial charge in [-0.25, -0.2) is 4.98 Å². The lowest BCUT2D eigenvalue weighted by Gasteiger charge is -2.33. The summed E-state index contributed by atoms with van der Waals surface area (Å²) in [5.74, 6) is -0.192. The molecule has 2 N–H and O–H groups in total. The van der Waals surface area contributed by atoms with Crippen molar-refractivity contribution in [1.29, 1.82) is 0 Å². The highest BCUT2D eigenvalue weighted by Crippen LogP contribution is 2.45. The molecule has 1 aliphatic heterocycles. The summed E-state index contributed by atoms with van der Waals surface area (Å²) in [4.78, 5) is 32.3. The number of carbonyl (C=O) groups is 2. The molecule has 2 heterocycles. The second-order valence-electron chi connectivity index (χ2n) is 7.10. The van der Waals surface area contributed by atoms with Gasteiger partial charge in [-0.05, 0) is 44.6 Å². The zero-order valence-corrected chi connectivity index (χ0v) is 15.6. The lowest BCUT2D eigenvalue weighted by molar-refractivity contribution is -0.121. The van der Waals surface area contributed by atoms with E-state index < -0.39 is 11.9 Å². The Balaban J connectivity index is 1.74. The van der Waals surface area contributed by atoms with E-state index >= 15 is 0 Å². The minimum atomic E-state index is -0.646. The number of carbonyl (C=O) groups excluding carboxylic acids is 2. The van der Waals surface area contributed by atoms with Crippen LogP contribution in [-0.4, -0.2) is 34.3 Å². The number of thiazole rings is 1. The third kappa shape index (κ3) is 3.26. The minimum absolute atomic E-state index is 0.190. The predicted octanol–water partition coefficient (Wildman–Crippen LogP) is 3.29. The molecule has 0 spiro atoms. The van der Waals surface area contributed by atoms with Gasteiger partial charge in [0.15, 0.2) is 0 Å². The molecule has 135 valence electrons. The number of nitrogens with zero attached hydrogens (tertiary/aromatic N) is 2. The predicted molar refractivity (Wildman–Crippen MR) is 102 cm³/mol. The molecule has 5 nitrogen and oxygen atoms in total. The van der Waals surface area contributed by atoms with E-state index in [9.17, 15) is 9.59 Å². The fraction of sp³-hybridized carbons (Fsp3) is 0.400. The molecular weight excluding hydrogens is 346 g/mol. The topological polar surface area (TPSA) is 76.3 Å². The van der Waals surface area contributed by atoms with Crippen molar-refractivity contribution < 1.29 is 9.59 Å². The lowest BCUT2D eigenvalue weighted by atomic mass is 10.0. The smallest absolute Gasteiger partial charge is 0.274 e. The minimum Gasteiger partial charge on any atom is -0.368 e. The number of benzene rings is 1. The van der Waals surface area contributed by atoms with Gasteiger partial charge in [0.05, 0.1) is 9.88 Å². The summed E-state index contributed by atoms with van der Waals surface area (Å²) >= 11 is 1.61. The largest absolute Gasteiger partial charge is 0.368 e. The molecule has 1 saturated carbocycles. The molecule has 1 aliphatic carbocycles. The molecule has 2 aromatic rings. The van der Waals surface area contributed by atoms with E-state index in [1.54, 1.807) is 16.2 Å². The molecule has 2 fully saturated rings. The Morgan fingerprint density at radius 1 is 1.31 bits per heavy atom. The van der Waals surface area contributed by atoms with Gasteiger partial charge in [-0.3, -0.25) is 9.59 Å². The maximum absolute atomic E-state index is 13.3. The summed E-state index contributed by atoms with van der Waals surface area (Å²) in [5, 5.41) is 1.03. The van der Waals surface area contributed by atoms with Crippen LogP contribution in [0.5, 0.6) is 0 Å². The number of nitrogens with two attached hydrogens (primary N) is 1. The first-order valence-electron chi connectivity index (χ1n) is 9.06. The highest BCUT2D eigenvalue weighted by molar-refractivity contribution is 7.15. The first kappa shape index (κ1) is 17.2. The van der Waals surface area contributed by atoms with Crippen LogP contribution in [-0.2, 0) is 4.79 Å². The zero-order chi connectivity index (χ0) is 18.3. The number of hydrogen-bond donors (Lipinski definition) is 1. The van der Waals surface area contributed by atoms with Gasteiger partial charge in [-0.2, -0.15) is 0 Å². The van der Waals surface area contributed by atoms with Gasteiger partial charge in [-0.1, -0.05) is 29.8 Å². The SMILES string of the molecule is Cc1cccc(-c2sc(C3CC3)nc2C(=O)N2CCC[CH]C2C(N)=O)c1. The summed E-state index contributed by atoms with van der Waals surface area (Å²) < 4.78 is 0. The van der Waals surface area contributed by atoms with Crippen molar-refractivity contribution in [3.05, 3.63) is 47.0 Å². The standard InChI is InChI=1S/C20H22N3O2S/c1-12-5-4-6-14(11-12)17-16(22-19(26-17)13-8-9-13)20(25)23-10-3-2-7-15(23)18(21)24/h4-7,11,13,15H,2-3,8-10H2,1H3,(H2,21,24). The van der Waals surface area contributed by atoms with E-state index in [1.807, 2.05) is 31.5 Å². The monoisotopic (exact) mass is 368 g/mol. The lowest BCUT2D eigenvalue weighted by Crippen LogP contribution is -2.51. The molecule has 0 bridgehead atoms. The van der Waals surface area contributed by atoms with E-state index in [-0.39, 0.29) is 5.91 Å². The molecule has 1 atom stereocenters. The quantitative estimate of drug-likeness (QED) is 0.900. The van der Waals surface area contributed by atoms with Crippen molar-refractivity contribution in [3.63, 3.8) is 0 Å². The first-order valence-corrected chi connectivity index (χ1v) is 9.87. The van der Waals surface area contributed by atoms with E-state index in [0.29, 0.717) is 18.2 Å². The maximum Gasteiger partial charge on any atom is 0.274 e. The van der Waals surface area contributed by atoms with Gasteiger partial charge < -0.3 is 10.6 Å². The van der Waals surface area contributed by atoms with Crippen LogP contribution in [0.15, 0.2) is 24.3 Å². The van der Waals surface area contributed by atoms with Gasteiger partial charge in [0.25, 0.3) is 5.91 Å². The van der Waals surface area contributed by atoms with Gasteiger partial charge in [-0.15, -0.1) is 11.3 Å². The van der Waals surface area contributed by atoms with Crippen molar-refractivity contribution in [2.45, 2.75) is 44.6 Å². The Kier molecular flexibility index (Phi) is 4.53. The molecule has 2 aliphatic rings. The third-order valence-corrected chi connectivity index (χ3v) is 6.20. The van der Waals surface area contributed by atoms with Gasteiger partial charge in [0.1, 0.15) is 11.7 Å². The van der Waals surface area contributed by atoms with Crippen molar-refractivity contribution >= 4 is 23.2 Å². The summed E-state index contributed by atoms with van der Waals surface area (Å²) in [6, 6.07) is 7.48. The summed E-state index contributed by atoms with van der Waals surface area (Å²) in [6.07, 6.45) is 5.75. The molecule has 4 rings (SSSR count). The Morgan fingerprint density at radius 2 is 2.12 bits per heavy atom. The van der Waals surface area contributed by atoms with Crippen LogP contribution in [0.1, 0.15) is 52.7 Å². The first-order chi connectivity index (χ1) is 12.5. The number of likely N-dealkylation sites (tertiary alicyclic amines) is 1. The molecule has 2 amide bonds. The number of primary amides is 1. The number of aryl methyl sites for hydroxylation is 1. The van der Waals surface area contributed by atoms with Crippen molar-refractivity contribution in [2.75, 3.05) is 6.54 Å².